The number of hydrogen-bond acceptors (Lipinski definition) is 3. The Balaban J connectivity index is 2.87. The first-order valence-corrected chi connectivity index (χ1v) is 4.35. The first kappa shape index (κ1) is 12.4. The zero-order valence-electron chi connectivity index (χ0n) is 8.25. The maximum absolute atomic E-state index is 12.3. The molecule has 0 unspecified atom stereocenters. The predicted molar refractivity (Wildman–Crippen MR) is 46.5 cm³/mol. The van der Waals surface area contributed by atoms with Crippen LogP contribution in [0.1, 0.15) is 12.5 Å². The van der Waals surface area contributed by atoms with Gasteiger partial charge in [-0.3, -0.25) is 0 Å². The molecule has 1 rings (SSSR count). The second kappa shape index (κ2) is 4.42. The van der Waals surface area contributed by atoms with Crippen molar-refractivity contribution in [2.24, 2.45) is 0 Å². The summed E-state index contributed by atoms with van der Waals surface area (Å²) in [4.78, 5) is 10.3. The van der Waals surface area contributed by atoms with Gasteiger partial charge in [-0.05, 0) is 25.1 Å². The third-order valence-electron chi connectivity index (χ3n) is 1.81. The summed E-state index contributed by atoms with van der Waals surface area (Å²) in [6, 6.07) is 3.99. The topological polar surface area (TPSA) is 49.4 Å². The molecule has 0 N–H and O–H groups in total. The van der Waals surface area contributed by atoms with Gasteiger partial charge in [0, 0.05) is 0 Å². The Hall–Kier alpha value is -1.72. The highest BCUT2D eigenvalue weighted by Crippen LogP contribution is 2.31. The number of carbonyl (C=O) groups excluding carboxylic acids is 1. The van der Waals surface area contributed by atoms with Crippen molar-refractivity contribution in [3.05, 3.63) is 29.8 Å². The molecular weight excluding hydrogens is 225 g/mol. The van der Waals surface area contributed by atoms with E-state index in [-0.39, 0.29) is 5.75 Å². The number of hydrogen-bond donors (Lipinski definition) is 0. The minimum atomic E-state index is -4.48. The van der Waals surface area contributed by atoms with E-state index in [1.807, 2.05) is 0 Å². The smallest absolute Gasteiger partial charge is 0.416 e. The van der Waals surface area contributed by atoms with Crippen LogP contribution in [0.25, 0.3) is 0 Å². The summed E-state index contributed by atoms with van der Waals surface area (Å²) in [5, 5.41) is 10.3. The normalized spacial score (nSPS) is 13.2. The highest BCUT2D eigenvalue weighted by Gasteiger charge is 2.30. The maximum Gasteiger partial charge on any atom is 0.416 e. The molecule has 0 saturated carbocycles. The summed E-state index contributed by atoms with van der Waals surface area (Å²) >= 11 is 0. The van der Waals surface area contributed by atoms with Gasteiger partial charge in [0.2, 0.25) is 0 Å². The fourth-order valence-electron chi connectivity index (χ4n) is 0.998. The highest BCUT2D eigenvalue weighted by atomic mass is 19.4. The van der Waals surface area contributed by atoms with E-state index in [4.69, 9.17) is 4.74 Å². The number of halogens is 3. The van der Waals surface area contributed by atoms with Crippen LogP contribution in [-0.2, 0) is 11.0 Å². The Morgan fingerprint density at radius 1 is 1.44 bits per heavy atom. The van der Waals surface area contributed by atoms with Crippen molar-refractivity contribution in [3.8, 4) is 5.75 Å². The Labute approximate surface area is 89.5 Å². The molecule has 0 aliphatic carbocycles. The second-order valence-corrected chi connectivity index (χ2v) is 3.10. The summed E-state index contributed by atoms with van der Waals surface area (Å²) in [6.45, 7) is 1.18. The van der Waals surface area contributed by atoms with Gasteiger partial charge in [0.15, 0.2) is 0 Å². The van der Waals surface area contributed by atoms with Crippen molar-refractivity contribution in [3.63, 3.8) is 0 Å². The first-order chi connectivity index (χ1) is 7.30. The molecule has 1 aromatic rings. The van der Waals surface area contributed by atoms with Crippen LogP contribution >= 0.6 is 0 Å². The Bertz CT molecular complexity index is 387. The Morgan fingerprint density at radius 3 is 2.56 bits per heavy atom. The number of alkyl halides is 3. The van der Waals surface area contributed by atoms with E-state index < -0.39 is 23.8 Å². The molecule has 0 saturated heterocycles. The quantitative estimate of drug-likeness (QED) is 0.788. The van der Waals surface area contributed by atoms with Crippen LogP contribution < -0.4 is 9.84 Å². The van der Waals surface area contributed by atoms with Gasteiger partial charge in [0.25, 0.3) is 0 Å². The lowest BCUT2D eigenvalue weighted by atomic mass is 10.2. The molecule has 0 bridgehead atoms. The number of carbonyl (C=O) groups is 1. The number of ether oxygens (including phenoxy) is 1. The molecule has 88 valence electrons. The zero-order valence-corrected chi connectivity index (χ0v) is 8.25. The van der Waals surface area contributed by atoms with E-state index in [1.165, 1.54) is 13.0 Å². The summed E-state index contributed by atoms with van der Waals surface area (Å²) in [5.41, 5.74) is -0.893. The number of benzene rings is 1. The summed E-state index contributed by atoms with van der Waals surface area (Å²) in [5.74, 6) is -1.65. The first-order valence-electron chi connectivity index (χ1n) is 4.35. The molecule has 0 aliphatic rings. The molecule has 1 atom stereocenters. The maximum atomic E-state index is 12.3. The third kappa shape index (κ3) is 3.15. The predicted octanol–water partition coefficient (Wildman–Crippen LogP) is 1.22. The molecule has 16 heavy (non-hydrogen) atoms. The summed E-state index contributed by atoms with van der Waals surface area (Å²) in [6.07, 6.45) is -5.78. The monoisotopic (exact) mass is 233 g/mol. The van der Waals surface area contributed by atoms with Gasteiger partial charge in [-0.2, -0.15) is 13.2 Å². The van der Waals surface area contributed by atoms with Crippen LogP contribution in [-0.4, -0.2) is 12.1 Å². The van der Waals surface area contributed by atoms with Crippen molar-refractivity contribution < 1.29 is 27.8 Å². The van der Waals surface area contributed by atoms with E-state index in [2.05, 4.69) is 0 Å². The molecular formula is C10H8F3O3-. The molecule has 0 radical (unpaired) electrons. The lowest BCUT2D eigenvalue weighted by molar-refractivity contribution is -0.312. The van der Waals surface area contributed by atoms with Crippen LogP contribution in [0, 0.1) is 0 Å². The molecule has 3 nitrogen and oxygen atoms in total. The van der Waals surface area contributed by atoms with E-state index in [1.54, 1.807) is 0 Å². The number of rotatable bonds is 3. The molecule has 0 heterocycles. The SMILES string of the molecule is C[C@H](Oc1cccc(C(F)(F)F)c1)C(=O)[O-]. The standard InChI is InChI=1S/C10H9F3O3/c1-6(9(14)15)16-8-4-2-3-7(5-8)10(11,12)13/h2-6H,1H3,(H,14,15)/p-1/t6-/m0/s1. The fraction of sp³-hybridized carbons (Fsp3) is 0.300. The highest BCUT2D eigenvalue weighted by molar-refractivity contribution is 5.69. The summed E-state index contributed by atoms with van der Waals surface area (Å²) < 4.78 is 41.6. The van der Waals surface area contributed by atoms with Crippen molar-refractivity contribution in [2.45, 2.75) is 19.2 Å². The van der Waals surface area contributed by atoms with Crippen LogP contribution in [0.5, 0.6) is 5.75 Å². The minimum absolute atomic E-state index is 0.161. The number of carboxylic acid groups (broad SMARTS) is 1. The molecule has 6 heteroatoms. The van der Waals surface area contributed by atoms with Gasteiger partial charge >= 0.3 is 6.18 Å². The van der Waals surface area contributed by atoms with Gasteiger partial charge in [-0.15, -0.1) is 0 Å². The number of aliphatic carboxylic acids is 1. The third-order valence-corrected chi connectivity index (χ3v) is 1.81. The van der Waals surface area contributed by atoms with Gasteiger partial charge < -0.3 is 14.6 Å². The van der Waals surface area contributed by atoms with E-state index >= 15 is 0 Å². The fourth-order valence-corrected chi connectivity index (χ4v) is 0.998. The molecule has 0 fully saturated rings. The zero-order chi connectivity index (χ0) is 12.3. The van der Waals surface area contributed by atoms with Crippen molar-refractivity contribution in [1.82, 2.24) is 0 Å². The van der Waals surface area contributed by atoms with Crippen molar-refractivity contribution in [2.75, 3.05) is 0 Å². The molecule has 0 aliphatic heterocycles. The Kier molecular flexibility index (Phi) is 3.41. The van der Waals surface area contributed by atoms with E-state index in [0.717, 1.165) is 18.2 Å². The molecule has 0 amide bonds. The average molecular weight is 233 g/mol. The lowest BCUT2D eigenvalue weighted by Crippen LogP contribution is -2.37. The van der Waals surface area contributed by atoms with Gasteiger partial charge in [0.1, 0.15) is 11.9 Å². The minimum Gasteiger partial charge on any atom is -0.546 e. The molecule has 0 aromatic heterocycles. The molecule has 1 aromatic carbocycles. The van der Waals surface area contributed by atoms with Crippen LogP contribution in [0.15, 0.2) is 24.3 Å². The Morgan fingerprint density at radius 2 is 2.06 bits per heavy atom. The molecule has 0 spiro atoms. The summed E-state index contributed by atoms with van der Waals surface area (Å²) in [7, 11) is 0. The van der Waals surface area contributed by atoms with Crippen LogP contribution in [0.4, 0.5) is 13.2 Å². The van der Waals surface area contributed by atoms with Gasteiger partial charge in [-0.1, -0.05) is 6.07 Å². The lowest BCUT2D eigenvalue weighted by Gasteiger charge is -2.16. The van der Waals surface area contributed by atoms with E-state index in [0.29, 0.717) is 0 Å². The van der Waals surface area contributed by atoms with Crippen LogP contribution in [0.2, 0.25) is 0 Å². The number of carboxylic acids is 1. The van der Waals surface area contributed by atoms with Gasteiger partial charge in [0.05, 0.1) is 11.5 Å². The van der Waals surface area contributed by atoms with Crippen molar-refractivity contribution in [1.29, 1.82) is 0 Å². The van der Waals surface area contributed by atoms with Crippen LogP contribution in [0.3, 0.4) is 0 Å². The largest absolute Gasteiger partial charge is 0.546 e. The van der Waals surface area contributed by atoms with Gasteiger partial charge in [-0.25, -0.2) is 0 Å². The van der Waals surface area contributed by atoms with E-state index in [9.17, 15) is 23.1 Å². The van der Waals surface area contributed by atoms with Crippen molar-refractivity contribution >= 4 is 5.97 Å². The second-order valence-electron chi connectivity index (χ2n) is 3.10. The average Bonchev–Trinajstić information content (AvgIpc) is 2.16.